The van der Waals surface area contributed by atoms with E-state index in [9.17, 15) is 4.79 Å². The quantitative estimate of drug-likeness (QED) is 0.910. The number of anilines is 1. The van der Waals surface area contributed by atoms with Gasteiger partial charge in [0.15, 0.2) is 5.13 Å². The van der Waals surface area contributed by atoms with Gasteiger partial charge in [-0.25, -0.2) is 4.98 Å². The van der Waals surface area contributed by atoms with E-state index in [0.717, 1.165) is 22.2 Å². The number of benzene rings is 1. The van der Waals surface area contributed by atoms with Gasteiger partial charge in [0.25, 0.3) is 0 Å². The molecule has 0 atom stereocenters. The molecule has 18 heavy (non-hydrogen) atoms. The van der Waals surface area contributed by atoms with Gasteiger partial charge in [0.1, 0.15) is 0 Å². The molecule has 94 valence electrons. The molecule has 1 amide bonds. The van der Waals surface area contributed by atoms with Crippen LogP contribution in [0.25, 0.3) is 11.3 Å². The third-order valence-corrected chi connectivity index (χ3v) is 3.65. The van der Waals surface area contributed by atoms with E-state index in [1.54, 1.807) is 0 Å². The smallest absolute Gasteiger partial charge is 0.226 e. The molecular formula is C13H13BrN2OS. The number of nitrogens with one attached hydrogen (secondary N) is 1. The van der Waals surface area contributed by atoms with Crippen molar-refractivity contribution in [3.05, 3.63) is 34.1 Å². The number of carbonyl (C=O) groups is 1. The van der Waals surface area contributed by atoms with Crippen LogP contribution < -0.4 is 5.32 Å². The summed E-state index contributed by atoms with van der Waals surface area (Å²) in [6.45, 7) is 1.98. The monoisotopic (exact) mass is 324 g/mol. The molecule has 1 N–H and O–H groups in total. The first-order valence-electron chi connectivity index (χ1n) is 5.70. The Bertz CT molecular complexity index is 536. The van der Waals surface area contributed by atoms with Crippen LogP contribution in [-0.4, -0.2) is 10.9 Å². The van der Waals surface area contributed by atoms with E-state index < -0.39 is 0 Å². The minimum absolute atomic E-state index is 0.0224. The Hall–Kier alpha value is -1.20. The molecule has 1 aromatic heterocycles. The topological polar surface area (TPSA) is 42.0 Å². The first-order chi connectivity index (χ1) is 8.69. The number of aromatic nitrogens is 1. The molecule has 5 heteroatoms. The van der Waals surface area contributed by atoms with Crippen molar-refractivity contribution in [1.82, 2.24) is 4.98 Å². The van der Waals surface area contributed by atoms with Gasteiger partial charge in [-0.15, -0.1) is 11.3 Å². The van der Waals surface area contributed by atoms with E-state index in [1.807, 2.05) is 36.6 Å². The fraction of sp³-hybridized carbons (Fsp3) is 0.231. The Kier molecular flexibility index (Phi) is 4.49. The lowest BCUT2D eigenvalue weighted by Crippen LogP contribution is -2.10. The Morgan fingerprint density at radius 3 is 2.78 bits per heavy atom. The van der Waals surface area contributed by atoms with Crippen LogP contribution in [0.5, 0.6) is 0 Å². The first-order valence-corrected chi connectivity index (χ1v) is 7.37. The van der Waals surface area contributed by atoms with Gasteiger partial charge in [-0.05, 0) is 18.6 Å². The minimum atomic E-state index is 0.0224. The van der Waals surface area contributed by atoms with Crippen molar-refractivity contribution in [3.63, 3.8) is 0 Å². The largest absolute Gasteiger partial charge is 0.302 e. The summed E-state index contributed by atoms with van der Waals surface area (Å²) >= 11 is 4.85. The average molecular weight is 325 g/mol. The highest BCUT2D eigenvalue weighted by atomic mass is 79.9. The number of nitrogens with zero attached hydrogens (tertiary/aromatic N) is 1. The maximum absolute atomic E-state index is 11.5. The van der Waals surface area contributed by atoms with Crippen LogP contribution in [0.3, 0.4) is 0 Å². The van der Waals surface area contributed by atoms with Crippen molar-refractivity contribution in [3.8, 4) is 11.3 Å². The lowest BCUT2D eigenvalue weighted by atomic mass is 10.2. The Labute approximate surface area is 118 Å². The highest BCUT2D eigenvalue weighted by molar-refractivity contribution is 9.10. The second kappa shape index (κ2) is 6.11. The van der Waals surface area contributed by atoms with E-state index in [1.165, 1.54) is 11.3 Å². The van der Waals surface area contributed by atoms with Crippen LogP contribution in [-0.2, 0) is 4.79 Å². The third-order valence-electron chi connectivity index (χ3n) is 2.37. The van der Waals surface area contributed by atoms with Gasteiger partial charge in [0.05, 0.1) is 5.69 Å². The van der Waals surface area contributed by atoms with Crippen LogP contribution in [0.15, 0.2) is 34.1 Å². The standard InChI is InChI=1S/C13H13BrN2OS/c1-2-3-12(17)16-13-15-11(8-18-13)9-4-6-10(14)7-5-9/h4-8H,2-3H2,1H3,(H,15,16,17). The average Bonchev–Trinajstić information content (AvgIpc) is 2.78. The van der Waals surface area contributed by atoms with Gasteiger partial charge in [0.2, 0.25) is 5.91 Å². The molecule has 1 heterocycles. The predicted molar refractivity (Wildman–Crippen MR) is 78.8 cm³/mol. The molecule has 0 radical (unpaired) electrons. The summed E-state index contributed by atoms with van der Waals surface area (Å²) in [4.78, 5) is 15.9. The van der Waals surface area contributed by atoms with E-state index in [0.29, 0.717) is 11.6 Å². The Morgan fingerprint density at radius 1 is 1.39 bits per heavy atom. The van der Waals surface area contributed by atoms with Crippen LogP contribution in [0.1, 0.15) is 19.8 Å². The zero-order chi connectivity index (χ0) is 13.0. The van der Waals surface area contributed by atoms with E-state index >= 15 is 0 Å². The van der Waals surface area contributed by atoms with Crippen LogP contribution in [0, 0.1) is 0 Å². The molecule has 0 aliphatic heterocycles. The molecule has 0 aliphatic rings. The summed E-state index contributed by atoms with van der Waals surface area (Å²) in [7, 11) is 0. The van der Waals surface area contributed by atoms with Gasteiger partial charge in [-0.3, -0.25) is 4.79 Å². The molecule has 2 rings (SSSR count). The molecule has 3 nitrogen and oxygen atoms in total. The lowest BCUT2D eigenvalue weighted by Gasteiger charge is -1.99. The van der Waals surface area contributed by atoms with Crippen molar-refractivity contribution < 1.29 is 4.79 Å². The Balaban J connectivity index is 2.10. The van der Waals surface area contributed by atoms with Gasteiger partial charge < -0.3 is 5.32 Å². The number of hydrogen-bond acceptors (Lipinski definition) is 3. The van der Waals surface area contributed by atoms with Crippen molar-refractivity contribution >= 4 is 38.3 Å². The highest BCUT2D eigenvalue weighted by Crippen LogP contribution is 2.26. The Morgan fingerprint density at radius 2 is 2.11 bits per heavy atom. The zero-order valence-electron chi connectivity index (χ0n) is 9.94. The SMILES string of the molecule is CCCC(=O)Nc1nc(-c2ccc(Br)cc2)cs1. The number of amides is 1. The second-order valence-corrected chi connectivity index (χ2v) is 5.62. The fourth-order valence-corrected chi connectivity index (χ4v) is 2.49. The van der Waals surface area contributed by atoms with Crippen LogP contribution in [0.2, 0.25) is 0 Å². The summed E-state index contributed by atoms with van der Waals surface area (Å²) in [5.74, 6) is 0.0224. The maximum atomic E-state index is 11.5. The van der Waals surface area contributed by atoms with Crippen molar-refractivity contribution in [2.75, 3.05) is 5.32 Å². The number of hydrogen-bond donors (Lipinski definition) is 1. The highest BCUT2D eigenvalue weighted by Gasteiger charge is 2.07. The number of carbonyl (C=O) groups excluding carboxylic acids is 1. The van der Waals surface area contributed by atoms with Crippen molar-refractivity contribution in [2.45, 2.75) is 19.8 Å². The summed E-state index contributed by atoms with van der Waals surface area (Å²) in [5, 5.41) is 5.41. The number of halogens is 1. The van der Waals surface area contributed by atoms with Gasteiger partial charge in [-0.2, -0.15) is 0 Å². The summed E-state index contributed by atoms with van der Waals surface area (Å²) < 4.78 is 1.04. The number of rotatable bonds is 4. The molecule has 2 aromatic rings. The normalized spacial score (nSPS) is 10.3. The predicted octanol–water partition coefficient (Wildman–Crippen LogP) is 4.31. The van der Waals surface area contributed by atoms with Crippen LogP contribution >= 0.6 is 27.3 Å². The van der Waals surface area contributed by atoms with E-state index in [-0.39, 0.29) is 5.91 Å². The van der Waals surface area contributed by atoms with Gasteiger partial charge in [-0.1, -0.05) is 35.0 Å². The van der Waals surface area contributed by atoms with Gasteiger partial charge in [0, 0.05) is 21.8 Å². The maximum Gasteiger partial charge on any atom is 0.226 e. The fourth-order valence-electron chi connectivity index (χ4n) is 1.49. The first kappa shape index (κ1) is 13.2. The van der Waals surface area contributed by atoms with E-state index in [4.69, 9.17) is 0 Å². The van der Waals surface area contributed by atoms with E-state index in [2.05, 4.69) is 26.2 Å². The van der Waals surface area contributed by atoms with Crippen molar-refractivity contribution in [1.29, 1.82) is 0 Å². The zero-order valence-corrected chi connectivity index (χ0v) is 12.3. The van der Waals surface area contributed by atoms with Crippen LogP contribution in [0.4, 0.5) is 5.13 Å². The molecule has 0 spiro atoms. The van der Waals surface area contributed by atoms with Gasteiger partial charge >= 0.3 is 0 Å². The van der Waals surface area contributed by atoms with Crippen molar-refractivity contribution in [2.24, 2.45) is 0 Å². The minimum Gasteiger partial charge on any atom is -0.302 e. The molecular weight excluding hydrogens is 312 g/mol. The molecule has 0 saturated heterocycles. The summed E-state index contributed by atoms with van der Waals surface area (Å²) in [6, 6.07) is 7.95. The molecule has 0 bridgehead atoms. The second-order valence-electron chi connectivity index (χ2n) is 3.84. The number of thiazole rings is 1. The summed E-state index contributed by atoms with van der Waals surface area (Å²) in [5.41, 5.74) is 1.93. The molecule has 0 fully saturated rings. The third kappa shape index (κ3) is 3.40. The molecule has 1 aromatic carbocycles. The molecule has 0 aliphatic carbocycles. The molecule has 0 saturated carbocycles. The lowest BCUT2D eigenvalue weighted by molar-refractivity contribution is -0.116. The molecule has 0 unspecified atom stereocenters. The summed E-state index contributed by atoms with van der Waals surface area (Å²) in [6.07, 6.45) is 1.38.